The zero-order valence-electron chi connectivity index (χ0n) is 27.1. The van der Waals surface area contributed by atoms with Crippen LogP contribution >= 0.6 is 0 Å². The fourth-order valence-corrected chi connectivity index (χ4v) is 8.36. The highest BCUT2D eigenvalue weighted by Gasteiger charge is 2.53. The topological polar surface area (TPSA) is 140 Å². The van der Waals surface area contributed by atoms with E-state index in [-0.39, 0.29) is 42.3 Å². The Kier molecular flexibility index (Phi) is 9.07. The van der Waals surface area contributed by atoms with Crippen molar-refractivity contribution in [3.05, 3.63) is 76.4 Å². The summed E-state index contributed by atoms with van der Waals surface area (Å²) in [6, 6.07) is 9.26. The van der Waals surface area contributed by atoms with Crippen LogP contribution in [0.2, 0.25) is 0 Å². The van der Waals surface area contributed by atoms with Gasteiger partial charge >= 0.3 is 5.97 Å². The first kappa shape index (κ1) is 32.3. The van der Waals surface area contributed by atoms with Gasteiger partial charge in [0, 0.05) is 35.8 Å². The van der Waals surface area contributed by atoms with E-state index in [1.165, 1.54) is 43.1 Å². The number of methoxy groups -OCH3 is 1. The normalized spacial score (nSPS) is 23.5. The molecule has 47 heavy (non-hydrogen) atoms. The number of pyridine rings is 1. The molecule has 0 spiro atoms. The summed E-state index contributed by atoms with van der Waals surface area (Å²) >= 11 is 0. The number of aromatic nitrogens is 1. The van der Waals surface area contributed by atoms with E-state index in [0.717, 1.165) is 24.6 Å². The number of amides is 3. The summed E-state index contributed by atoms with van der Waals surface area (Å²) in [5, 5.41) is 6.18. The van der Waals surface area contributed by atoms with Crippen LogP contribution in [0, 0.1) is 24.7 Å². The lowest BCUT2D eigenvalue weighted by atomic mass is 9.52. The third-order valence-corrected chi connectivity index (χ3v) is 10.4. The number of likely N-dealkylation sites (N-methyl/N-ethyl adjacent to an activating group) is 1. The lowest BCUT2D eigenvalue weighted by molar-refractivity contribution is -0.148. The van der Waals surface area contributed by atoms with Gasteiger partial charge in [-0.3, -0.25) is 19.2 Å². The second kappa shape index (κ2) is 13.2. The average Bonchev–Trinajstić information content (AvgIpc) is 3.39. The predicted octanol–water partition coefficient (Wildman–Crippen LogP) is 4.58. The number of allylic oxidation sites excluding steroid dienone is 1. The third kappa shape index (κ3) is 6.61. The number of furan rings is 1. The number of nitrogens with one attached hydrogen (secondary N) is 2. The van der Waals surface area contributed by atoms with Crippen LogP contribution in [0.3, 0.4) is 0 Å². The van der Waals surface area contributed by atoms with Gasteiger partial charge in [0.1, 0.15) is 23.9 Å². The summed E-state index contributed by atoms with van der Waals surface area (Å²) in [6.45, 7) is 1.63. The Morgan fingerprint density at radius 1 is 1.06 bits per heavy atom. The van der Waals surface area contributed by atoms with E-state index >= 15 is 0 Å². The van der Waals surface area contributed by atoms with Crippen molar-refractivity contribution in [2.75, 3.05) is 19.5 Å². The van der Waals surface area contributed by atoms with E-state index in [0.29, 0.717) is 28.9 Å². The van der Waals surface area contributed by atoms with Crippen molar-refractivity contribution in [3.8, 4) is 0 Å². The molecule has 4 fully saturated rings. The monoisotopic (exact) mass is 642 g/mol. The van der Waals surface area contributed by atoms with Gasteiger partial charge in [-0.05, 0) is 94.2 Å². The summed E-state index contributed by atoms with van der Waals surface area (Å²) in [7, 11) is 3.14. The third-order valence-electron chi connectivity index (χ3n) is 10.4. The molecule has 3 amide bonds. The Balaban J connectivity index is 1.16. The maximum atomic E-state index is 13.6. The van der Waals surface area contributed by atoms with Gasteiger partial charge < -0.3 is 29.3 Å². The van der Waals surface area contributed by atoms with Gasteiger partial charge in [0.2, 0.25) is 11.8 Å². The van der Waals surface area contributed by atoms with Crippen molar-refractivity contribution in [1.82, 2.24) is 14.8 Å². The minimum atomic E-state index is -1.07. The van der Waals surface area contributed by atoms with Crippen LogP contribution in [0.5, 0.6) is 0 Å². The Labute approximate surface area is 273 Å². The fraction of sp³-hybridized carbons (Fsp3) is 0.472. The number of hydrogen-bond donors (Lipinski definition) is 2. The van der Waals surface area contributed by atoms with Crippen molar-refractivity contribution in [1.29, 1.82) is 0 Å². The van der Waals surface area contributed by atoms with E-state index in [1.807, 2.05) is 24.1 Å². The molecule has 4 aliphatic carbocycles. The van der Waals surface area contributed by atoms with E-state index in [2.05, 4.69) is 15.4 Å². The number of aryl methyl sites for hydroxylation is 1. The summed E-state index contributed by atoms with van der Waals surface area (Å²) in [5.74, 6) is 0.249. The quantitative estimate of drug-likeness (QED) is 0.231. The molecular weight excluding hydrogens is 600 g/mol. The maximum Gasteiger partial charge on any atom is 0.330 e. The first-order valence-corrected chi connectivity index (χ1v) is 16.4. The molecule has 0 radical (unpaired) electrons. The zero-order valence-corrected chi connectivity index (χ0v) is 27.1. The van der Waals surface area contributed by atoms with E-state index in [9.17, 15) is 24.0 Å². The van der Waals surface area contributed by atoms with Crippen molar-refractivity contribution < 1.29 is 28.3 Å². The van der Waals surface area contributed by atoms with E-state index in [1.54, 1.807) is 37.4 Å². The highest BCUT2D eigenvalue weighted by Crippen LogP contribution is 2.57. The number of rotatable bonds is 11. The first-order chi connectivity index (χ1) is 22.6. The van der Waals surface area contributed by atoms with Crippen LogP contribution in [0.15, 0.2) is 64.0 Å². The highest BCUT2D eigenvalue weighted by molar-refractivity contribution is 6.03. The van der Waals surface area contributed by atoms with Crippen molar-refractivity contribution in [3.63, 3.8) is 0 Å². The van der Waals surface area contributed by atoms with Crippen LogP contribution in [0.4, 0.5) is 5.69 Å². The van der Waals surface area contributed by atoms with Gasteiger partial charge in [-0.25, -0.2) is 4.79 Å². The molecule has 11 nitrogen and oxygen atoms in total. The number of fused-ring (bicyclic) bond motifs is 1. The smallest absolute Gasteiger partial charge is 0.330 e. The number of esters is 1. The molecule has 2 heterocycles. The van der Waals surface area contributed by atoms with Crippen LogP contribution in [0.1, 0.15) is 67.5 Å². The molecule has 1 atom stereocenters. The lowest BCUT2D eigenvalue weighted by Crippen LogP contribution is -2.60. The molecule has 1 aromatic carbocycles. The van der Waals surface area contributed by atoms with Gasteiger partial charge in [0.25, 0.3) is 11.5 Å². The molecule has 7 rings (SSSR count). The molecular formula is C36H42N4O7. The maximum absolute atomic E-state index is 13.6. The number of carbonyl (C=O) groups excluding carboxylic acids is 4. The molecule has 4 bridgehead atoms. The molecule has 0 aliphatic heterocycles. The SMILES string of the molecule is COC(=O)/C=C/CC[C@H](NC(=O)c1oc2ccccc2c1C)C(=O)Nc1cccn(CC(=O)N(C)C23CC4CC(CC(C4)C2)C3)c1=O. The number of nitrogens with zero attached hydrogens (tertiary/aromatic N) is 2. The van der Waals surface area contributed by atoms with Crippen LogP contribution < -0.4 is 16.2 Å². The number of carbonyl (C=O) groups is 4. The standard InChI is InChI=1S/C36H42N4O7/c1-22-26-9-4-6-12-29(26)47-32(22)34(44)37-27(10-5-7-13-31(42)46-3)33(43)38-28-11-8-14-40(35(28)45)21-30(41)39(2)36-18-23-15-24(19-36)17-25(16-23)20-36/h4,6-9,11-14,23-25,27H,5,10,15-21H2,1-3H3,(H,37,44)(H,38,43)/b13-7+/t23?,24?,25?,27-,36?/m0/s1. The largest absolute Gasteiger partial charge is 0.466 e. The van der Waals surface area contributed by atoms with Gasteiger partial charge in [-0.1, -0.05) is 24.3 Å². The van der Waals surface area contributed by atoms with Gasteiger partial charge in [-0.15, -0.1) is 0 Å². The fourth-order valence-electron chi connectivity index (χ4n) is 8.36. The number of para-hydroxylation sites is 1. The molecule has 0 unspecified atom stereocenters. The second-order valence-corrected chi connectivity index (χ2v) is 13.5. The Bertz CT molecular complexity index is 1750. The van der Waals surface area contributed by atoms with Gasteiger partial charge in [0.05, 0.1) is 7.11 Å². The van der Waals surface area contributed by atoms with E-state index < -0.39 is 29.4 Å². The minimum absolute atomic E-state index is 0.00738. The first-order valence-electron chi connectivity index (χ1n) is 16.4. The molecule has 248 valence electrons. The molecule has 0 saturated heterocycles. The number of hydrogen-bond acceptors (Lipinski definition) is 7. The predicted molar refractivity (Wildman–Crippen MR) is 176 cm³/mol. The zero-order chi connectivity index (χ0) is 33.3. The highest BCUT2D eigenvalue weighted by atomic mass is 16.5. The second-order valence-electron chi connectivity index (χ2n) is 13.5. The Hall–Kier alpha value is -4.67. The summed E-state index contributed by atoms with van der Waals surface area (Å²) in [4.78, 5) is 67.4. The van der Waals surface area contributed by atoms with Crippen molar-refractivity contribution in [2.45, 2.75) is 76.4 Å². The number of anilines is 1. The average molecular weight is 643 g/mol. The molecule has 4 aliphatic rings. The van der Waals surface area contributed by atoms with Crippen molar-refractivity contribution >= 4 is 40.3 Å². The number of benzene rings is 1. The molecule has 4 saturated carbocycles. The summed E-state index contributed by atoms with van der Waals surface area (Å²) in [6.07, 6.45) is 11.6. The summed E-state index contributed by atoms with van der Waals surface area (Å²) < 4.78 is 11.7. The van der Waals surface area contributed by atoms with E-state index in [4.69, 9.17) is 4.42 Å². The Morgan fingerprint density at radius 3 is 2.40 bits per heavy atom. The van der Waals surface area contributed by atoms with Crippen LogP contribution in [-0.4, -0.2) is 58.9 Å². The summed E-state index contributed by atoms with van der Waals surface area (Å²) in [5.41, 5.74) is 0.527. The van der Waals surface area contributed by atoms with Gasteiger partial charge in [-0.2, -0.15) is 0 Å². The lowest BCUT2D eigenvalue weighted by Gasteiger charge is -2.59. The molecule has 2 N–H and O–H groups in total. The molecule has 3 aromatic rings. The molecule has 2 aromatic heterocycles. The van der Waals surface area contributed by atoms with Crippen molar-refractivity contribution in [2.24, 2.45) is 17.8 Å². The van der Waals surface area contributed by atoms with Gasteiger partial charge in [0.15, 0.2) is 5.76 Å². The van der Waals surface area contributed by atoms with Crippen LogP contribution in [-0.2, 0) is 25.7 Å². The molecule has 11 heteroatoms. The minimum Gasteiger partial charge on any atom is -0.466 e. The Morgan fingerprint density at radius 2 is 1.74 bits per heavy atom. The van der Waals surface area contributed by atoms with Crippen LogP contribution in [0.25, 0.3) is 11.0 Å². The number of ether oxygens (including phenoxy) is 1.